The first-order valence-corrected chi connectivity index (χ1v) is 9.68. The minimum absolute atomic E-state index is 0.0360. The number of hydrogen-bond donors (Lipinski definition) is 0. The average molecular weight is 366 g/mol. The first kappa shape index (κ1) is 17.8. The number of benzene rings is 1. The zero-order valence-corrected chi connectivity index (χ0v) is 16.1. The Hall–Kier alpha value is -2.63. The predicted molar refractivity (Wildman–Crippen MR) is 104 cm³/mol. The molecule has 27 heavy (non-hydrogen) atoms. The fourth-order valence-electron chi connectivity index (χ4n) is 3.91. The van der Waals surface area contributed by atoms with Crippen LogP contribution in [0.1, 0.15) is 28.8 Å². The zero-order valence-electron chi connectivity index (χ0n) is 16.1. The molecule has 1 saturated heterocycles. The van der Waals surface area contributed by atoms with Crippen LogP contribution in [0.5, 0.6) is 5.75 Å². The molecule has 0 N–H and O–H groups in total. The molecule has 2 aromatic rings. The summed E-state index contributed by atoms with van der Waals surface area (Å²) in [4.78, 5) is 16.6. The van der Waals surface area contributed by atoms with Crippen molar-refractivity contribution in [2.75, 3.05) is 37.7 Å². The summed E-state index contributed by atoms with van der Waals surface area (Å²) in [6.45, 7) is 7.08. The number of aryl methyl sites for hydroxylation is 4. The average Bonchev–Trinajstić information content (AvgIpc) is 3.13. The number of carbonyl (C=O) groups excluding carboxylic acids is 1. The molecule has 0 spiro atoms. The fraction of sp³-hybridized carbons (Fsp3) is 0.476. The second-order valence-electron chi connectivity index (χ2n) is 7.51. The summed E-state index contributed by atoms with van der Waals surface area (Å²) in [6, 6.07) is 8.20. The van der Waals surface area contributed by atoms with E-state index in [0.717, 1.165) is 54.3 Å². The molecule has 0 unspecified atom stereocenters. The van der Waals surface area contributed by atoms with E-state index in [-0.39, 0.29) is 12.5 Å². The Balaban J connectivity index is 1.30. The topological polar surface area (TPSA) is 58.6 Å². The lowest BCUT2D eigenvalue weighted by Crippen LogP contribution is -2.50. The molecule has 2 aliphatic rings. The molecule has 142 valence electrons. The van der Waals surface area contributed by atoms with E-state index < -0.39 is 0 Å². The van der Waals surface area contributed by atoms with Crippen LogP contribution >= 0.6 is 0 Å². The number of hydrogen-bond acceptors (Lipinski definition) is 5. The van der Waals surface area contributed by atoms with E-state index in [1.165, 1.54) is 12.0 Å². The first-order chi connectivity index (χ1) is 13.1. The van der Waals surface area contributed by atoms with E-state index >= 15 is 0 Å². The molecule has 4 rings (SSSR count). The molecule has 1 aromatic heterocycles. The number of aromatic nitrogens is 2. The summed E-state index contributed by atoms with van der Waals surface area (Å²) in [7, 11) is 0. The van der Waals surface area contributed by atoms with Crippen LogP contribution in [0.25, 0.3) is 0 Å². The molecule has 1 aliphatic carbocycles. The van der Waals surface area contributed by atoms with Crippen molar-refractivity contribution in [3.8, 4) is 5.75 Å². The maximum atomic E-state index is 12.5. The van der Waals surface area contributed by atoms with E-state index in [4.69, 9.17) is 4.74 Å². The van der Waals surface area contributed by atoms with Crippen molar-refractivity contribution in [3.63, 3.8) is 0 Å². The number of amides is 1. The van der Waals surface area contributed by atoms with E-state index in [9.17, 15) is 4.79 Å². The molecule has 0 atom stereocenters. The molecular formula is C21H26N4O2. The summed E-state index contributed by atoms with van der Waals surface area (Å²) in [6.07, 6.45) is 3.33. The summed E-state index contributed by atoms with van der Waals surface area (Å²) in [5.41, 5.74) is 4.76. The second-order valence-corrected chi connectivity index (χ2v) is 7.51. The quantitative estimate of drug-likeness (QED) is 0.831. The first-order valence-electron chi connectivity index (χ1n) is 9.68. The van der Waals surface area contributed by atoms with Crippen LogP contribution in [0.3, 0.4) is 0 Å². The summed E-state index contributed by atoms with van der Waals surface area (Å²) >= 11 is 0. The molecule has 2 heterocycles. The monoisotopic (exact) mass is 366 g/mol. The lowest BCUT2D eigenvalue weighted by molar-refractivity contribution is -0.133. The van der Waals surface area contributed by atoms with Gasteiger partial charge in [-0.25, -0.2) is 0 Å². The van der Waals surface area contributed by atoms with Crippen LogP contribution in [0, 0.1) is 13.8 Å². The molecule has 0 bridgehead atoms. The second kappa shape index (κ2) is 7.55. The van der Waals surface area contributed by atoms with Crippen molar-refractivity contribution in [1.82, 2.24) is 15.1 Å². The van der Waals surface area contributed by atoms with Gasteiger partial charge >= 0.3 is 0 Å². The van der Waals surface area contributed by atoms with Gasteiger partial charge in [-0.15, -0.1) is 5.10 Å². The number of carbonyl (C=O) groups is 1. The maximum absolute atomic E-state index is 12.5. The van der Waals surface area contributed by atoms with Crippen molar-refractivity contribution < 1.29 is 9.53 Å². The fourth-order valence-corrected chi connectivity index (χ4v) is 3.91. The van der Waals surface area contributed by atoms with Crippen LogP contribution < -0.4 is 9.64 Å². The third kappa shape index (κ3) is 4.04. The molecule has 0 radical (unpaired) electrons. The van der Waals surface area contributed by atoms with Crippen molar-refractivity contribution >= 4 is 11.7 Å². The zero-order chi connectivity index (χ0) is 18.8. The van der Waals surface area contributed by atoms with Gasteiger partial charge in [0.1, 0.15) is 5.75 Å². The Morgan fingerprint density at radius 3 is 2.48 bits per heavy atom. The van der Waals surface area contributed by atoms with Crippen LogP contribution in [-0.4, -0.2) is 53.8 Å². The number of piperazine rings is 1. The van der Waals surface area contributed by atoms with E-state index in [1.54, 1.807) is 0 Å². The third-order valence-electron chi connectivity index (χ3n) is 5.32. The van der Waals surface area contributed by atoms with Gasteiger partial charge in [0.05, 0.1) is 5.69 Å². The maximum Gasteiger partial charge on any atom is 0.260 e. The van der Waals surface area contributed by atoms with Gasteiger partial charge in [-0.1, -0.05) is 6.07 Å². The van der Waals surface area contributed by atoms with Gasteiger partial charge in [0.15, 0.2) is 12.4 Å². The van der Waals surface area contributed by atoms with Gasteiger partial charge in [-0.05, 0) is 68.0 Å². The molecule has 1 amide bonds. The SMILES string of the molecule is Cc1cc(C)cc(OCC(=O)N2CCN(c3cc4c(nn3)CCC4)CC2)c1. The Bertz CT molecular complexity index is 824. The molecule has 0 saturated carbocycles. The molecule has 1 aromatic carbocycles. The lowest BCUT2D eigenvalue weighted by Gasteiger charge is -2.35. The van der Waals surface area contributed by atoms with Crippen LogP contribution in [0.15, 0.2) is 24.3 Å². The largest absolute Gasteiger partial charge is 0.484 e. The molecular weight excluding hydrogens is 340 g/mol. The Kier molecular flexibility index (Phi) is 4.97. The van der Waals surface area contributed by atoms with Crippen LogP contribution in [0.2, 0.25) is 0 Å². The van der Waals surface area contributed by atoms with Crippen LogP contribution in [0.4, 0.5) is 5.82 Å². The highest BCUT2D eigenvalue weighted by molar-refractivity contribution is 5.78. The smallest absolute Gasteiger partial charge is 0.260 e. The Morgan fingerprint density at radius 2 is 1.74 bits per heavy atom. The highest BCUT2D eigenvalue weighted by Crippen LogP contribution is 2.23. The van der Waals surface area contributed by atoms with Gasteiger partial charge in [0.25, 0.3) is 5.91 Å². The number of rotatable bonds is 4. The normalized spacial score (nSPS) is 16.4. The minimum Gasteiger partial charge on any atom is -0.484 e. The van der Waals surface area contributed by atoms with Gasteiger partial charge < -0.3 is 14.5 Å². The van der Waals surface area contributed by atoms with Crippen LogP contribution in [-0.2, 0) is 17.6 Å². The van der Waals surface area contributed by atoms with Crippen molar-refractivity contribution in [3.05, 3.63) is 46.6 Å². The summed E-state index contributed by atoms with van der Waals surface area (Å²) in [5, 5.41) is 8.76. The van der Waals surface area contributed by atoms with E-state index in [2.05, 4.69) is 27.2 Å². The van der Waals surface area contributed by atoms with Gasteiger partial charge in [-0.2, -0.15) is 5.10 Å². The van der Waals surface area contributed by atoms with Gasteiger partial charge in [0.2, 0.25) is 0 Å². The molecule has 6 nitrogen and oxygen atoms in total. The highest BCUT2D eigenvalue weighted by atomic mass is 16.5. The predicted octanol–water partition coefficient (Wildman–Crippen LogP) is 2.31. The number of fused-ring (bicyclic) bond motifs is 1. The van der Waals surface area contributed by atoms with Crippen molar-refractivity contribution in [2.45, 2.75) is 33.1 Å². The minimum atomic E-state index is 0.0360. The lowest BCUT2D eigenvalue weighted by atomic mass is 10.1. The van der Waals surface area contributed by atoms with Gasteiger partial charge in [0, 0.05) is 26.2 Å². The number of nitrogens with zero attached hydrogens (tertiary/aromatic N) is 4. The Labute approximate surface area is 160 Å². The number of anilines is 1. The molecule has 1 aliphatic heterocycles. The number of ether oxygens (including phenoxy) is 1. The summed E-state index contributed by atoms with van der Waals surface area (Å²) < 4.78 is 5.72. The van der Waals surface area contributed by atoms with Gasteiger partial charge in [-0.3, -0.25) is 4.79 Å². The Morgan fingerprint density at radius 1 is 1.00 bits per heavy atom. The highest BCUT2D eigenvalue weighted by Gasteiger charge is 2.23. The molecule has 1 fully saturated rings. The van der Waals surface area contributed by atoms with E-state index in [0.29, 0.717) is 13.1 Å². The van der Waals surface area contributed by atoms with Crippen molar-refractivity contribution in [1.29, 1.82) is 0 Å². The summed E-state index contributed by atoms with van der Waals surface area (Å²) in [5.74, 6) is 1.73. The standard InChI is InChI=1S/C21H26N4O2/c1-15-10-16(2)12-18(11-15)27-14-21(26)25-8-6-24(7-9-25)20-13-17-4-3-5-19(17)22-23-20/h10-13H,3-9,14H2,1-2H3. The van der Waals surface area contributed by atoms with E-state index in [1.807, 2.05) is 30.9 Å². The third-order valence-corrected chi connectivity index (χ3v) is 5.32. The van der Waals surface area contributed by atoms with Crippen molar-refractivity contribution in [2.24, 2.45) is 0 Å². The molecule has 6 heteroatoms.